The molecule has 1 unspecified atom stereocenters. The number of nitrogens with two attached hydrogens (primary N) is 1. The minimum atomic E-state index is 0. The fourth-order valence-electron chi connectivity index (χ4n) is 1.00. The van der Waals surface area contributed by atoms with E-state index < -0.39 is 0 Å². The van der Waals surface area contributed by atoms with Gasteiger partial charge in [0.25, 0.3) is 0 Å². The lowest BCUT2D eigenvalue weighted by molar-refractivity contribution is 0.564. The van der Waals surface area contributed by atoms with E-state index in [1.807, 2.05) is 6.08 Å². The average Bonchev–Trinajstić information content (AvgIpc) is 2.01. The van der Waals surface area contributed by atoms with E-state index in [0.29, 0.717) is 6.04 Å². The van der Waals surface area contributed by atoms with Gasteiger partial charge in [0.05, 0.1) is 0 Å². The minimum absolute atomic E-state index is 0. The third kappa shape index (κ3) is 10.3. The lowest BCUT2D eigenvalue weighted by Crippen LogP contribution is -2.18. The number of halogens is 2. The van der Waals surface area contributed by atoms with Crippen LogP contribution in [0.15, 0.2) is 11.6 Å². The lowest BCUT2D eigenvalue weighted by atomic mass is 10.1. The molecule has 1 atom stereocenters. The van der Waals surface area contributed by atoms with E-state index in [-0.39, 0.29) is 12.4 Å². The SMILES string of the molecule is CCCCCC(N)CC=CCl.Cl. The second-order valence-corrected chi connectivity index (χ2v) is 3.11. The summed E-state index contributed by atoms with van der Waals surface area (Å²) in [6.45, 7) is 2.20. The van der Waals surface area contributed by atoms with Gasteiger partial charge in [0, 0.05) is 11.6 Å². The lowest BCUT2D eigenvalue weighted by Gasteiger charge is -2.06. The molecular formula is C9H19Cl2N. The normalized spacial score (nSPS) is 12.9. The molecule has 12 heavy (non-hydrogen) atoms. The van der Waals surface area contributed by atoms with Gasteiger partial charge in [-0.25, -0.2) is 0 Å². The molecule has 0 aromatic heterocycles. The molecule has 0 fully saturated rings. The molecule has 3 heteroatoms. The van der Waals surface area contributed by atoms with Gasteiger partial charge in [-0.1, -0.05) is 43.9 Å². The zero-order valence-electron chi connectivity index (χ0n) is 7.63. The molecule has 2 N–H and O–H groups in total. The first-order valence-electron chi connectivity index (χ1n) is 4.32. The van der Waals surface area contributed by atoms with Crippen molar-refractivity contribution in [1.29, 1.82) is 0 Å². The maximum atomic E-state index is 5.79. The fourth-order valence-corrected chi connectivity index (χ4v) is 1.10. The monoisotopic (exact) mass is 211 g/mol. The molecule has 0 radical (unpaired) electrons. The van der Waals surface area contributed by atoms with Crippen LogP contribution in [-0.4, -0.2) is 6.04 Å². The van der Waals surface area contributed by atoms with Crippen LogP contribution in [0.5, 0.6) is 0 Å². The Morgan fingerprint density at radius 1 is 1.42 bits per heavy atom. The highest BCUT2D eigenvalue weighted by atomic mass is 35.5. The van der Waals surface area contributed by atoms with Gasteiger partial charge < -0.3 is 5.73 Å². The van der Waals surface area contributed by atoms with Crippen molar-refractivity contribution in [1.82, 2.24) is 0 Å². The molecule has 0 saturated carbocycles. The molecular weight excluding hydrogens is 193 g/mol. The first kappa shape index (κ1) is 14.8. The summed E-state index contributed by atoms with van der Waals surface area (Å²) in [6, 6.07) is 0.302. The van der Waals surface area contributed by atoms with Crippen molar-refractivity contribution in [2.24, 2.45) is 5.73 Å². The predicted molar refractivity (Wildman–Crippen MR) is 59.0 cm³/mol. The van der Waals surface area contributed by atoms with Crippen LogP contribution in [0.1, 0.15) is 39.0 Å². The van der Waals surface area contributed by atoms with Crippen LogP contribution in [-0.2, 0) is 0 Å². The maximum Gasteiger partial charge on any atom is 0.00738 e. The van der Waals surface area contributed by atoms with Gasteiger partial charge in [-0.05, 0) is 12.8 Å². The third-order valence-electron chi connectivity index (χ3n) is 1.71. The summed E-state index contributed by atoms with van der Waals surface area (Å²) in [7, 11) is 0. The molecule has 0 aliphatic rings. The van der Waals surface area contributed by atoms with Crippen LogP contribution in [0.4, 0.5) is 0 Å². The number of unbranched alkanes of at least 4 members (excludes halogenated alkanes) is 2. The zero-order chi connectivity index (χ0) is 8.53. The van der Waals surface area contributed by atoms with Gasteiger partial charge in [-0.15, -0.1) is 12.4 Å². The quantitative estimate of drug-likeness (QED) is 0.670. The van der Waals surface area contributed by atoms with Crippen LogP contribution in [0, 0.1) is 0 Å². The Balaban J connectivity index is 0. The molecule has 0 heterocycles. The maximum absolute atomic E-state index is 5.79. The molecule has 0 bridgehead atoms. The van der Waals surface area contributed by atoms with Crippen LogP contribution in [0.25, 0.3) is 0 Å². The molecule has 0 aromatic rings. The summed E-state index contributed by atoms with van der Waals surface area (Å²) in [4.78, 5) is 0. The molecule has 0 spiro atoms. The highest BCUT2D eigenvalue weighted by Gasteiger charge is 1.97. The molecule has 74 valence electrons. The minimum Gasteiger partial charge on any atom is -0.327 e. The highest BCUT2D eigenvalue weighted by molar-refractivity contribution is 6.25. The van der Waals surface area contributed by atoms with Crippen LogP contribution in [0.2, 0.25) is 0 Å². The number of rotatable bonds is 6. The zero-order valence-corrected chi connectivity index (χ0v) is 9.20. The topological polar surface area (TPSA) is 26.0 Å². The molecule has 0 amide bonds. The van der Waals surface area contributed by atoms with Crippen LogP contribution in [0.3, 0.4) is 0 Å². The summed E-state index contributed by atoms with van der Waals surface area (Å²) in [6.07, 6.45) is 7.74. The van der Waals surface area contributed by atoms with E-state index in [1.165, 1.54) is 19.3 Å². The van der Waals surface area contributed by atoms with E-state index in [2.05, 4.69) is 6.92 Å². The van der Waals surface area contributed by atoms with E-state index in [0.717, 1.165) is 12.8 Å². The predicted octanol–water partition coefficient (Wildman–Crippen LogP) is 3.46. The summed E-state index contributed by atoms with van der Waals surface area (Å²) >= 11 is 5.37. The van der Waals surface area contributed by atoms with E-state index >= 15 is 0 Å². The molecule has 0 rings (SSSR count). The Morgan fingerprint density at radius 3 is 2.58 bits per heavy atom. The summed E-state index contributed by atoms with van der Waals surface area (Å²) in [5.74, 6) is 0. The van der Waals surface area contributed by atoms with Crippen molar-refractivity contribution in [3.63, 3.8) is 0 Å². The largest absolute Gasteiger partial charge is 0.327 e. The van der Waals surface area contributed by atoms with E-state index in [9.17, 15) is 0 Å². The Hall–Kier alpha value is 0.280. The van der Waals surface area contributed by atoms with Gasteiger partial charge in [-0.3, -0.25) is 0 Å². The molecule has 0 aromatic carbocycles. The van der Waals surface area contributed by atoms with Crippen molar-refractivity contribution < 1.29 is 0 Å². The Labute approximate surface area is 86.8 Å². The Morgan fingerprint density at radius 2 is 2.08 bits per heavy atom. The fraction of sp³-hybridized carbons (Fsp3) is 0.778. The highest BCUT2D eigenvalue weighted by Crippen LogP contribution is 2.04. The Kier molecular flexibility index (Phi) is 13.9. The average molecular weight is 212 g/mol. The van der Waals surface area contributed by atoms with Gasteiger partial charge in [0.2, 0.25) is 0 Å². The van der Waals surface area contributed by atoms with Gasteiger partial charge in [0.15, 0.2) is 0 Å². The second kappa shape index (κ2) is 11.3. The van der Waals surface area contributed by atoms with Crippen molar-refractivity contribution in [2.45, 2.75) is 45.1 Å². The van der Waals surface area contributed by atoms with Crippen LogP contribution >= 0.6 is 24.0 Å². The van der Waals surface area contributed by atoms with Crippen molar-refractivity contribution >= 4 is 24.0 Å². The van der Waals surface area contributed by atoms with E-state index in [1.54, 1.807) is 5.54 Å². The van der Waals surface area contributed by atoms with Crippen molar-refractivity contribution in [2.75, 3.05) is 0 Å². The Bertz CT molecular complexity index is 105. The smallest absolute Gasteiger partial charge is 0.00738 e. The van der Waals surface area contributed by atoms with Gasteiger partial charge in [0.1, 0.15) is 0 Å². The van der Waals surface area contributed by atoms with Gasteiger partial charge in [-0.2, -0.15) is 0 Å². The number of hydrogen-bond donors (Lipinski definition) is 1. The summed E-state index contributed by atoms with van der Waals surface area (Å²) in [5.41, 5.74) is 7.33. The molecule has 0 aliphatic carbocycles. The van der Waals surface area contributed by atoms with Crippen molar-refractivity contribution in [3.8, 4) is 0 Å². The van der Waals surface area contributed by atoms with Gasteiger partial charge >= 0.3 is 0 Å². The summed E-state index contributed by atoms with van der Waals surface area (Å²) in [5, 5.41) is 0. The first-order valence-corrected chi connectivity index (χ1v) is 4.75. The third-order valence-corrected chi connectivity index (χ3v) is 1.88. The molecule has 0 aliphatic heterocycles. The summed E-state index contributed by atoms with van der Waals surface area (Å²) < 4.78 is 0. The van der Waals surface area contributed by atoms with E-state index in [4.69, 9.17) is 17.3 Å². The molecule has 1 nitrogen and oxygen atoms in total. The standard InChI is InChI=1S/C9H18ClN.ClH/c1-2-3-4-6-9(11)7-5-8-10;/h5,8-9H,2-4,6-7,11H2,1H3;1H. The van der Waals surface area contributed by atoms with Crippen LogP contribution < -0.4 is 5.73 Å². The van der Waals surface area contributed by atoms with Crippen molar-refractivity contribution in [3.05, 3.63) is 11.6 Å². The molecule has 0 saturated heterocycles. The number of hydrogen-bond acceptors (Lipinski definition) is 1. The first-order chi connectivity index (χ1) is 5.31. The second-order valence-electron chi connectivity index (χ2n) is 2.85.